The number of aromatic nitrogens is 1. The maximum atomic E-state index is 9.57. The first-order valence-electron chi connectivity index (χ1n) is 6.22. The minimum absolute atomic E-state index is 0.728. The van der Waals surface area contributed by atoms with Gasteiger partial charge in [0.2, 0.25) is 10.5 Å². The van der Waals surface area contributed by atoms with Crippen LogP contribution in [0, 0.1) is 6.92 Å². The standard InChI is InChI=1S/C14H13NO2S3/c1-3-15-8(2)18-14-10-5-4-9(19-16)6-11(10)13(20-17)7-12(14)15/h4-7H,3H2,1-2H3,(H-,16,17)/p+1. The molecule has 0 aliphatic carbocycles. The summed E-state index contributed by atoms with van der Waals surface area (Å²) in [6.45, 7) is 5.15. The molecule has 1 aromatic heterocycles. The highest BCUT2D eigenvalue weighted by Crippen LogP contribution is 2.37. The van der Waals surface area contributed by atoms with Crippen molar-refractivity contribution in [3.63, 3.8) is 0 Å². The van der Waals surface area contributed by atoms with Crippen LogP contribution in [0.2, 0.25) is 0 Å². The van der Waals surface area contributed by atoms with E-state index in [9.17, 15) is 9.11 Å². The minimum Gasteiger partial charge on any atom is -0.325 e. The van der Waals surface area contributed by atoms with Crippen LogP contribution in [0.3, 0.4) is 0 Å². The molecule has 0 unspecified atom stereocenters. The third-order valence-electron chi connectivity index (χ3n) is 3.44. The van der Waals surface area contributed by atoms with E-state index in [-0.39, 0.29) is 0 Å². The zero-order chi connectivity index (χ0) is 14.3. The van der Waals surface area contributed by atoms with Gasteiger partial charge in [0.25, 0.3) is 0 Å². The fraction of sp³-hybridized carbons (Fsp3) is 0.214. The predicted molar refractivity (Wildman–Crippen MR) is 86.9 cm³/mol. The molecule has 2 aromatic carbocycles. The first kappa shape index (κ1) is 14.2. The average Bonchev–Trinajstić information content (AvgIpc) is 2.80. The van der Waals surface area contributed by atoms with Crippen LogP contribution < -0.4 is 4.57 Å². The molecule has 0 bridgehead atoms. The van der Waals surface area contributed by atoms with Gasteiger partial charge in [0.05, 0.1) is 0 Å². The van der Waals surface area contributed by atoms with E-state index in [1.165, 1.54) is 9.71 Å². The Labute approximate surface area is 129 Å². The second kappa shape index (κ2) is 5.54. The van der Waals surface area contributed by atoms with Gasteiger partial charge in [-0.2, -0.15) is 4.57 Å². The molecule has 20 heavy (non-hydrogen) atoms. The summed E-state index contributed by atoms with van der Waals surface area (Å²) < 4.78 is 22.3. The number of fused-ring (bicyclic) bond motifs is 3. The molecular weight excluding hydrogens is 310 g/mol. The van der Waals surface area contributed by atoms with E-state index in [0.29, 0.717) is 0 Å². The molecular formula is C14H14NO2S3+. The molecule has 2 N–H and O–H groups in total. The molecule has 3 aromatic rings. The molecule has 0 saturated carbocycles. The predicted octanol–water partition coefficient (Wildman–Crippen LogP) is 4.80. The van der Waals surface area contributed by atoms with Gasteiger partial charge in [-0.3, -0.25) is 0 Å². The van der Waals surface area contributed by atoms with Crippen LogP contribution in [0.15, 0.2) is 34.1 Å². The fourth-order valence-corrected chi connectivity index (χ4v) is 4.46. The van der Waals surface area contributed by atoms with Gasteiger partial charge in [-0.15, -0.1) is 0 Å². The van der Waals surface area contributed by atoms with Crippen LogP contribution in [0.25, 0.3) is 21.0 Å². The van der Waals surface area contributed by atoms with Gasteiger partial charge in [0, 0.05) is 57.6 Å². The summed E-state index contributed by atoms with van der Waals surface area (Å²) in [7, 11) is 0. The molecule has 0 aliphatic heterocycles. The quantitative estimate of drug-likeness (QED) is 0.536. The highest BCUT2D eigenvalue weighted by atomic mass is 32.2. The van der Waals surface area contributed by atoms with Crippen molar-refractivity contribution in [1.29, 1.82) is 0 Å². The highest BCUT2D eigenvalue weighted by Gasteiger charge is 2.20. The second-order valence-electron chi connectivity index (χ2n) is 4.48. The normalized spacial score (nSPS) is 11.6. The number of thiazole rings is 1. The van der Waals surface area contributed by atoms with E-state index >= 15 is 0 Å². The molecule has 0 atom stereocenters. The van der Waals surface area contributed by atoms with Gasteiger partial charge in [-0.25, -0.2) is 0 Å². The van der Waals surface area contributed by atoms with E-state index in [1.54, 1.807) is 11.3 Å². The molecule has 1 heterocycles. The van der Waals surface area contributed by atoms with E-state index in [1.807, 2.05) is 24.3 Å². The molecule has 104 valence electrons. The van der Waals surface area contributed by atoms with Crippen molar-refractivity contribution in [2.45, 2.75) is 30.2 Å². The summed E-state index contributed by atoms with van der Waals surface area (Å²) in [6.07, 6.45) is 0. The summed E-state index contributed by atoms with van der Waals surface area (Å²) >= 11 is 3.26. The second-order valence-corrected chi connectivity index (χ2v) is 6.96. The van der Waals surface area contributed by atoms with E-state index in [0.717, 1.165) is 56.7 Å². The van der Waals surface area contributed by atoms with Gasteiger partial charge in [0.15, 0.2) is 0 Å². The number of hydrogen-bond donors (Lipinski definition) is 2. The third kappa shape index (κ3) is 2.12. The van der Waals surface area contributed by atoms with Crippen LogP contribution in [0.5, 0.6) is 0 Å². The lowest BCUT2D eigenvalue weighted by molar-refractivity contribution is -0.669. The smallest absolute Gasteiger partial charge is 0.235 e. The molecule has 0 saturated heterocycles. The van der Waals surface area contributed by atoms with E-state index in [4.69, 9.17) is 0 Å². The number of hydrogen-bond acceptors (Lipinski definition) is 5. The summed E-state index contributed by atoms with van der Waals surface area (Å²) in [5, 5.41) is 3.36. The van der Waals surface area contributed by atoms with Crippen molar-refractivity contribution in [3.05, 3.63) is 29.3 Å². The van der Waals surface area contributed by atoms with Crippen molar-refractivity contribution >= 4 is 56.4 Å². The molecule has 6 heteroatoms. The summed E-state index contributed by atoms with van der Waals surface area (Å²) in [5.41, 5.74) is 1.16. The van der Waals surface area contributed by atoms with E-state index < -0.39 is 0 Å². The lowest BCUT2D eigenvalue weighted by atomic mass is 10.1. The zero-order valence-corrected chi connectivity index (χ0v) is 13.5. The van der Waals surface area contributed by atoms with Crippen molar-refractivity contribution in [2.24, 2.45) is 0 Å². The first-order chi connectivity index (χ1) is 9.69. The Hall–Kier alpha value is -0.790. The maximum Gasteiger partial charge on any atom is 0.235 e. The van der Waals surface area contributed by atoms with Crippen LogP contribution in [-0.2, 0) is 6.54 Å². The van der Waals surface area contributed by atoms with Crippen molar-refractivity contribution in [1.82, 2.24) is 0 Å². The number of nitrogens with zero attached hydrogens (tertiary/aromatic N) is 1. The fourth-order valence-electron chi connectivity index (χ4n) is 2.54. The Morgan fingerprint density at radius 2 is 1.95 bits per heavy atom. The van der Waals surface area contributed by atoms with Crippen molar-refractivity contribution in [2.75, 3.05) is 0 Å². The van der Waals surface area contributed by atoms with E-state index in [2.05, 4.69) is 18.4 Å². The Morgan fingerprint density at radius 1 is 1.15 bits per heavy atom. The van der Waals surface area contributed by atoms with Crippen molar-refractivity contribution in [3.8, 4) is 0 Å². The molecule has 0 amide bonds. The lowest BCUT2D eigenvalue weighted by Gasteiger charge is -2.04. The third-order valence-corrected chi connectivity index (χ3v) is 5.59. The largest absolute Gasteiger partial charge is 0.325 e. The molecule has 0 fully saturated rings. The molecule has 0 aliphatic rings. The van der Waals surface area contributed by atoms with Crippen LogP contribution in [0.1, 0.15) is 11.9 Å². The first-order valence-corrected chi connectivity index (χ1v) is 8.58. The Kier molecular flexibility index (Phi) is 3.92. The summed E-state index contributed by atoms with van der Waals surface area (Å²) in [4.78, 5) is 1.60. The van der Waals surface area contributed by atoms with Gasteiger partial charge < -0.3 is 9.11 Å². The number of rotatable bonds is 3. The number of benzene rings is 2. The molecule has 0 radical (unpaired) electrons. The average molecular weight is 324 g/mol. The number of aryl methyl sites for hydroxylation is 2. The Bertz CT molecular complexity index is 798. The van der Waals surface area contributed by atoms with Crippen LogP contribution in [-0.4, -0.2) is 9.11 Å². The van der Waals surface area contributed by atoms with Crippen molar-refractivity contribution < 1.29 is 13.7 Å². The maximum absolute atomic E-state index is 9.57. The van der Waals surface area contributed by atoms with Crippen LogP contribution >= 0.6 is 35.4 Å². The van der Waals surface area contributed by atoms with Crippen LogP contribution in [0.4, 0.5) is 0 Å². The topological polar surface area (TPSA) is 44.3 Å². The monoisotopic (exact) mass is 324 g/mol. The lowest BCUT2D eigenvalue weighted by Crippen LogP contribution is -2.33. The van der Waals surface area contributed by atoms with Gasteiger partial charge >= 0.3 is 0 Å². The summed E-state index contributed by atoms with van der Waals surface area (Å²) in [6, 6.07) is 7.87. The Balaban J connectivity index is 2.47. The summed E-state index contributed by atoms with van der Waals surface area (Å²) in [5.74, 6) is 0. The molecule has 3 rings (SSSR count). The SMILES string of the molecule is CC[n+]1c(C)sc2c3ccc(SO)cc3c(SO)cc21. The molecule has 3 nitrogen and oxygen atoms in total. The Morgan fingerprint density at radius 3 is 2.60 bits per heavy atom. The van der Waals surface area contributed by atoms with Gasteiger partial charge in [0.1, 0.15) is 11.2 Å². The minimum atomic E-state index is 0.728. The zero-order valence-electron chi connectivity index (χ0n) is 11.1. The van der Waals surface area contributed by atoms with Gasteiger partial charge in [-0.1, -0.05) is 17.4 Å². The molecule has 0 spiro atoms. The highest BCUT2D eigenvalue weighted by molar-refractivity contribution is 7.94. The van der Waals surface area contributed by atoms with Gasteiger partial charge in [-0.05, 0) is 19.1 Å².